The second-order valence-corrected chi connectivity index (χ2v) is 10.1. The van der Waals surface area contributed by atoms with Crippen molar-refractivity contribution < 1.29 is 5.11 Å². The van der Waals surface area contributed by atoms with Gasteiger partial charge in [-0.2, -0.15) is 0 Å². The van der Waals surface area contributed by atoms with Gasteiger partial charge in [-0.3, -0.25) is 0 Å². The van der Waals surface area contributed by atoms with E-state index in [-0.39, 0.29) is 5.76 Å². The van der Waals surface area contributed by atoms with Crippen LogP contribution in [0.4, 0.5) is 22.7 Å². The number of nitrogens with zero attached hydrogens (tertiary/aromatic N) is 4. The Balaban J connectivity index is 1.36. The van der Waals surface area contributed by atoms with Crippen LogP contribution in [0.15, 0.2) is 89.5 Å². The zero-order valence-electron chi connectivity index (χ0n) is 22.9. The summed E-state index contributed by atoms with van der Waals surface area (Å²) in [6, 6.07) is 16.2. The van der Waals surface area contributed by atoms with Crippen molar-refractivity contribution in [2.75, 3.05) is 48.9 Å². The summed E-state index contributed by atoms with van der Waals surface area (Å²) in [6.07, 6.45) is 8.72. The number of benzene rings is 2. The van der Waals surface area contributed by atoms with Gasteiger partial charge in [-0.05, 0) is 87.9 Å². The molecular weight excluding hydrogens is 474 g/mol. The zero-order valence-corrected chi connectivity index (χ0v) is 22.9. The number of aliphatic hydroxyl groups is 1. The maximum absolute atomic E-state index is 10.5. The number of nitrogens with two attached hydrogens (primary N) is 1. The molecule has 0 aromatic heterocycles. The maximum atomic E-state index is 10.5. The molecule has 2 aromatic rings. The Morgan fingerprint density at radius 1 is 1.08 bits per heavy atom. The van der Waals surface area contributed by atoms with Gasteiger partial charge in [-0.25, -0.2) is 4.99 Å². The summed E-state index contributed by atoms with van der Waals surface area (Å²) in [4.78, 5) is 11.5. The summed E-state index contributed by atoms with van der Waals surface area (Å²) in [6.45, 7) is 10.4. The van der Waals surface area contributed by atoms with E-state index in [1.807, 2.05) is 30.3 Å². The molecule has 5 N–H and O–H groups in total. The Labute approximate surface area is 226 Å². The molecule has 0 bridgehead atoms. The number of aliphatic imine (C=N–C) groups is 1. The SMILES string of the molecule is CCN(c1ccc(NC2=CC(=Nc3ccc(NCCCN4C=CN(C)C4)cc3)C(O)=CC2N)cc1)C(C)C. The van der Waals surface area contributed by atoms with Crippen LogP contribution in [0.2, 0.25) is 0 Å². The maximum Gasteiger partial charge on any atom is 0.139 e. The van der Waals surface area contributed by atoms with Crippen LogP contribution in [0.5, 0.6) is 0 Å². The molecule has 2 aliphatic rings. The molecule has 2 aromatic carbocycles. The molecule has 4 rings (SSSR count). The molecule has 0 spiro atoms. The molecule has 202 valence electrons. The predicted molar refractivity (Wildman–Crippen MR) is 160 cm³/mol. The minimum Gasteiger partial charge on any atom is -0.506 e. The van der Waals surface area contributed by atoms with Gasteiger partial charge in [0.2, 0.25) is 0 Å². The van der Waals surface area contributed by atoms with Gasteiger partial charge >= 0.3 is 0 Å². The smallest absolute Gasteiger partial charge is 0.139 e. The predicted octanol–water partition coefficient (Wildman–Crippen LogP) is 5.25. The standard InChI is InChI=1S/C30H41N7O/c1-5-37(22(2)3)26-13-11-25(12-14-26)33-28-20-29(30(38)19-27(28)31)34-24-9-7-23(8-10-24)32-15-6-16-36-18-17-35(4)21-36/h7-14,17-20,22,27,32-33,38H,5-6,15-16,21,31H2,1-4H3. The number of rotatable bonds is 11. The van der Waals surface area contributed by atoms with Gasteiger partial charge in [0.1, 0.15) is 11.5 Å². The molecule has 0 amide bonds. The topological polar surface area (TPSA) is 92.4 Å². The number of aliphatic hydroxyl groups excluding tert-OH is 1. The molecule has 8 nitrogen and oxygen atoms in total. The lowest BCUT2D eigenvalue weighted by Crippen LogP contribution is -2.30. The molecule has 1 heterocycles. The van der Waals surface area contributed by atoms with Crippen LogP contribution in [-0.2, 0) is 0 Å². The Morgan fingerprint density at radius 2 is 1.79 bits per heavy atom. The molecule has 0 fully saturated rings. The summed E-state index contributed by atoms with van der Waals surface area (Å²) in [5.41, 5.74) is 11.5. The molecule has 0 saturated carbocycles. The molecule has 0 saturated heterocycles. The summed E-state index contributed by atoms with van der Waals surface area (Å²) in [5, 5.41) is 17.4. The number of anilines is 3. The monoisotopic (exact) mass is 515 g/mol. The largest absolute Gasteiger partial charge is 0.506 e. The lowest BCUT2D eigenvalue weighted by molar-refractivity contribution is 0.296. The molecule has 1 atom stereocenters. The molecule has 0 radical (unpaired) electrons. The van der Waals surface area contributed by atoms with Crippen molar-refractivity contribution in [3.05, 3.63) is 84.5 Å². The van der Waals surface area contributed by atoms with Crippen molar-refractivity contribution in [1.29, 1.82) is 0 Å². The molecule has 38 heavy (non-hydrogen) atoms. The normalized spacial score (nSPS) is 18.2. The van der Waals surface area contributed by atoms with E-state index in [1.54, 1.807) is 6.08 Å². The first kappa shape index (κ1) is 27.1. The highest BCUT2D eigenvalue weighted by Gasteiger charge is 2.18. The third-order valence-electron chi connectivity index (χ3n) is 6.71. The fourth-order valence-electron chi connectivity index (χ4n) is 4.66. The Morgan fingerprint density at radius 3 is 2.42 bits per heavy atom. The Bertz CT molecular complexity index is 1180. The highest BCUT2D eigenvalue weighted by molar-refractivity contribution is 6.09. The van der Waals surface area contributed by atoms with Crippen LogP contribution in [-0.4, -0.2) is 66.1 Å². The van der Waals surface area contributed by atoms with E-state index >= 15 is 0 Å². The highest BCUT2D eigenvalue weighted by Crippen LogP contribution is 2.24. The van der Waals surface area contributed by atoms with Gasteiger partial charge in [-0.1, -0.05) is 0 Å². The van der Waals surface area contributed by atoms with Crippen molar-refractivity contribution >= 4 is 28.5 Å². The van der Waals surface area contributed by atoms with E-state index in [0.717, 1.165) is 55.5 Å². The van der Waals surface area contributed by atoms with E-state index in [2.05, 4.69) is 94.8 Å². The van der Waals surface area contributed by atoms with Crippen LogP contribution >= 0.6 is 0 Å². The first-order valence-electron chi connectivity index (χ1n) is 13.4. The van der Waals surface area contributed by atoms with Crippen LogP contribution in [0.1, 0.15) is 27.2 Å². The summed E-state index contributed by atoms with van der Waals surface area (Å²) < 4.78 is 0. The van der Waals surface area contributed by atoms with E-state index in [0.29, 0.717) is 11.8 Å². The summed E-state index contributed by atoms with van der Waals surface area (Å²) >= 11 is 0. The second-order valence-electron chi connectivity index (χ2n) is 10.1. The fraction of sp³-hybridized carbons (Fsp3) is 0.367. The van der Waals surface area contributed by atoms with E-state index in [4.69, 9.17) is 5.73 Å². The average molecular weight is 516 g/mol. The second kappa shape index (κ2) is 12.6. The Hall–Kier alpha value is -3.91. The fourth-order valence-corrected chi connectivity index (χ4v) is 4.66. The number of allylic oxidation sites excluding steroid dienone is 1. The van der Waals surface area contributed by atoms with Gasteiger partial charge < -0.3 is 36.2 Å². The summed E-state index contributed by atoms with van der Waals surface area (Å²) in [5.74, 6) is 0.0812. The minimum atomic E-state index is -0.445. The van der Waals surface area contributed by atoms with E-state index in [9.17, 15) is 5.11 Å². The third kappa shape index (κ3) is 7.10. The first-order chi connectivity index (χ1) is 18.3. The van der Waals surface area contributed by atoms with Crippen molar-refractivity contribution in [3.8, 4) is 0 Å². The zero-order chi connectivity index (χ0) is 27.1. The van der Waals surface area contributed by atoms with Gasteiger partial charge in [0.25, 0.3) is 0 Å². The minimum absolute atomic E-state index is 0.0812. The Kier molecular flexibility index (Phi) is 8.97. The van der Waals surface area contributed by atoms with Gasteiger partial charge in [-0.15, -0.1) is 0 Å². The van der Waals surface area contributed by atoms with E-state index in [1.165, 1.54) is 5.69 Å². The molecule has 8 heteroatoms. The third-order valence-corrected chi connectivity index (χ3v) is 6.71. The number of hydrogen-bond donors (Lipinski definition) is 4. The van der Waals surface area contributed by atoms with Crippen LogP contribution in [0.25, 0.3) is 0 Å². The van der Waals surface area contributed by atoms with Crippen LogP contribution in [0, 0.1) is 0 Å². The molecular formula is C30H41N7O. The molecule has 1 aliphatic carbocycles. The lowest BCUT2D eigenvalue weighted by atomic mass is 10.0. The van der Waals surface area contributed by atoms with E-state index < -0.39 is 6.04 Å². The van der Waals surface area contributed by atoms with Crippen molar-refractivity contribution in [2.45, 2.75) is 39.3 Å². The average Bonchev–Trinajstić information content (AvgIpc) is 3.31. The van der Waals surface area contributed by atoms with Crippen molar-refractivity contribution in [3.63, 3.8) is 0 Å². The molecule has 1 unspecified atom stereocenters. The van der Waals surface area contributed by atoms with Crippen LogP contribution < -0.4 is 21.3 Å². The highest BCUT2D eigenvalue weighted by atomic mass is 16.3. The quantitative estimate of drug-likeness (QED) is 0.304. The first-order valence-corrected chi connectivity index (χ1v) is 13.4. The summed E-state index contributed by atoms with van der Waals surface area (Å²) in [7, 11) is 2.08. The van der Waals surface area contributed by atoms with Gasteiger partial charge in [0, 0.05) is 67.9 Å². The van der Waals surface area contributed by atoms with Crippen molar-refractivity contribution in [1.82, 2.24) is 9.80 Å². The molecule has 1 aliphatic heterocycles. The van der Waals surface area contributed by atoms with Crippen LogP contribution in [0.3, 0.4) is 0 Å². The lowest BCUT2D eigenvalue weighted by Gasteiger charge is -2.28. The number of hydrogen-bond acceptors (Lipinski definition) is 8. The number of nitrogens with one attached hydrogen (secondary N) is 2. The van der Waals surface area contributed by atoms with Crippen molar-refractivity contribution in [2.24, 2.45) is 10.7 Å². The van der Waals surface area contributed by atoms with Gasteiger partial charge in [0.05, 0.1) is 18.4 Å². The van der Waals surface area contributed by atoms with Gasteiger partial charge in [0.15, 0.2) is 0 Å².